The zero-order chi connectivity index (χ0) is 15.1. The van der Waals surface area contributed by atoms with Crippen LogP contribution in [-0.4, -0.2) is 30.6 Å². The second kappa shape index (κ2) is 8.92. The Morgan fingerprint density at radius 2 is 2.05 bits per heavy atom. The van der Waals surface area contributed by atoms with E-state index in [4.69, 9.17) is 0 Å². The third kappa shape index (κ3) is 5.08. The third-order valence-electron chi connectivity index (χ3n) is 4.50. The van der Waals surface area contributed by atoms with Crippen molar-refractivity contribution in [1.29, 1.82) is 0 Å². The maximum Gasteiger partial charge on any atom is 0.0346 e. The van der Waals surface area contributed by atoms with E-state index in [-0.39, 0.29) is 0 Å². The first-order chi connectivity index (χ1) is 10.2. The maximum atomic E-state index is 3.65. The van der Waals surface area contributed by atoms with Gasteiger partial charge in [-0.15, -0.1) is 0 Å². The highest BCUT2D eigenvalue weighted by atomic mass is 79.9. The molecule has 1 heterocycles. The minimum Gasteiger partial charge on any atom is -0.313 e. The first-order valence-electron chi connectivity index (χ1n) is 8.47. The maximum absolute atomic E-state index is 3.65. The zero-order valence-corrected chi connectivity index (χ0v) is 15.0. The number of halogens is 1. The zero-order valence-electron chi connectivity index (χ0n) is 13.4. The van der Waals surface area contributed by atoms with Crippen LogP contribution in [0.3, 0.4) is 0 Å². The Morgan fingerprint density at radius 1 is 1.29 bits per heavy atom. The van der Waals surface area contributed by atoms with Gasteiger partial charge < -0.3 is 5.32 Å². The van der Waals surface area contributed by atoms with Gasteiger partial charge in [0, 0.05) is 23.1 Å². The Morgan fingerprint density at radius 3 is 2.62 bits per heavy atom. The molecule has 1 N–H and O–H groups in total. The molecule has 1 aliphatic heterocycles. The number of rotatable bonds is 8. The molecule has 0 bridgehead atoms. The molecule has 1 aromatic carbocycles. The second-order valence-corrected chi connectivity index (χ2v) is 7.03. The summed E-state index contributed by atoms with van der Waals surface area (Å²) < 4.78 is 1.17. The Bertz CT molecular complexity index is 398. The molecule has 1 saturated heterocycles. The van der Waals surface area contributed by atoms with Crippen LogP contribution < -0.4 is 5.32 Å². The van der Waals surface area contributed by atoms with Crippen LogP contribution in [0.1, 0.15) is 57.6 Å². The van der Waals surface area contributed by atoms with Crippen molar-refractivity contribution in [2.24, 2.45) is 0 Å². The van der Waals surface area contributed by atoms with Crippen molar-refractivity contribution >= 4 is 15.9 Å². The van der Waals surface area contributed by atoms with Gasteiger partial charge in [-0.2, -0.15) is 0 Å². The van der Waals surface area contributed by atoms with Gasteiger partial charge in [0.2, 0.25) is 0 Å². The highest BCUT2D eigenvalue weighted by molar-refractivity contribution is 9.10. The molecule has 0 aromatic heterocycles. The van der Waals surface area contributed by atoms with Crippen molar-refractivity contribution in [3.63, 3.8) is 0 Å². The summed E-state index contributed by atoms with van der Waals surface area (Å²) in [4.78, 5) is 2.70. The number of nitrogens with one attached hydrogen (secondary N) is 1. The van der Waals surface area contributed by atoms with Crippen LogP contribution in [0.15, 0.2) is 28.7 Å². The lowest BCUT2D eigenvalue weighted by atomic mass is 10.0. The molecule has 2 atom stereocenters. The van der Waals surface area contributed by atoms with Crippen molar-refractivity contribution in [2.45, 2.75) is 58.0 Å². The molecule has 2 rings (SSSR count). The molecule has 0 spiro atoms. The minimum atomic E-state index is 0.548. The van der Waals surface area contributed by atoms with Crippen LogP contribution in [-0.2, 0) is 0 Å². The Kier molecular flexibility index (Phi) is 7.21. The number of benzene rings is 1. The Labute approximate surface area is 138 Å². The first kappa shape index (κ1) is 17.0. The monoisotopic (exact) mass is 352 g/mol. The lowest BCUT2D eigenvalue weighted by molar-refractivity contribution is 0.173. The molecule has 0 saturated carbocycles. The van der Waals surface area contributed by atoms with Gasteiger partial charge in [0.05, 0.1) is 0 Å². The predicted molar refractivity (Wildman–Crippen MR) is 94.7 cm³/mol. The summed E-state index contributed by atoms with van der Waals surface area (Å²) in [6, 6.07) is 10.1. The lowest BCUT2D eigenvalue weighted by Gasteiger charge is -2.33. The summed E-state index contributed by atoms with van der Waals surface area (Å²) in [5.41, 5.74) is 1.45. The summed E-state index contributed by atoms with van der Waals surface area (Å²) in [6.45, 7) is 8.19. The van der Waals surface area contributed by atoms with Crippen LogP contribution in [0.5, 0.6) is 0 Å². The molecule has 0 aliphatic carbocycles. The minimum absolute atomic E-state index is 0.548. The molecule has 0 amide bonds. The fraction of sp³-hybridized carbons (Fsp3) is 0.667. The molecule has 2 nitrogen and oxygen atoms in total. The van der Waals surface area contributed by atoms with Gasteiger partial charge in [0.15, 0.2) is 0 Å². The van der Waals surface area contributed by atoms with Crippen LogP contribution >= 0.6 is 15.9 Å². The van der Waals surface area contributed by atoms with Gasteiger partial charge in [0.25, 0.3) is 0 Å². The molecule has 2 unspecified atom stereocenters. The van der Waals surface area contributed by atoms with Crippen molar-refractivity contribution in [1.82, 2.24) is 10.2 Å². The number of nitrogens with zero attached hydrogens (tertiary/aromatic N) is 1. The molecule has 1 fully saturated rings. The summed E-state index contributed by atoms with van der Waals surface area (Å²) in [5.74, 6) is 0. The van der Waals surface area contributed by atoms with Crippen LogP contribution in [0, 0.1) is 0 Å². The standard InChI is InChI=1S/C18H29BrN2/c1-3-5-13-21(14-17-7-6-12-20-17)18(4-2)15-8-10-16(19)11-9-15/h8-11,17-18,20H,3-7,12-14H2,1-2H3. The highest BCUT2D eigenvalue weighted by Crippen LogP contribution is 2.27. The molecular formula is C18H29BrN2. The van der Waals surface area contributed by atoms with E-state index in [1.807, 2.05) is 0 Å². The van der Waals surface area contributed by atoms with E-state index in [1.165, 1.54) is 61.8 Å². The van der Waals surface area contributed by atoms with Crippen LogP contribution in [0.4, 0.5) is 0 Å². The fourth-order valence-electron chi connectivity index (χ4n) is 3.32. The SMILES string of the molecule is CCCCN(CC1CCCN1)C(CC)c1ccc(Br)cc1. The first-order valence-corrected chi connectivity index (χ1v) is 9.26. The molecule has 1 aliphatic rings. The Hall–Kier alpha value is -0.380. The summed E-state index contributed by atoms with van der Waals surface area (Å²) in [7, 11) is 0. The molecular weight excluding hydrogens is 324 g/mol. The quantitative estimate of drug-likeness (QED) is 0.725. The number of hydrogen-bond donors (Lipinski definition) is 1. The van der Waals surface area contributed by atoms with Gasteiger partial charge in [-0.3, -0.25) is 4.90 Å². The van der Waals surface area contributed by atoms with E-state index in [9.17, 15) is 0 Å². The average Bonchev–Trinajstić information content (AvgIpc) is 3.00. The van der Waals surface area contributed by atoms with Crippen molar-refractivity contribution < 1.29 is 0 Å². The topological polar surface area (TPSA) is 15.3 Å². The summed E-state index contributed by atoms with van der Waals surface area (Å²) in [5, 5.41) is 3.65. The van der Waals surface area contributed by atoms with Gasteiger partial charge in [-0.1, -0.05) is 48.3 Å². The smallest absolute Gasteiger partial charge is 0.0346 e. The molecule has 1 aromatic rings. The van der Waals surface area contributed by atoms with Crippen molar-refractivity contribution in [3.8, 4) is 0 Å². The second-order valence-electron chi connectivity index (χ2n) is 6.12. The van der Waals surface area contributed by atoms with E-state index >= 15 is 0 Å². The predicted octanol–water partition coefficient (Wildman–Crippen LogP) is 4.75. The molecule has 0 radical (unpaired) electrons. The number of unbranched alkanes of at least 4 members (excludes halogenated alkanes) is 1. The van der Waals surface area contributed by atoms with E-state index in [0.717, 1.165) is 0 Å². The molecule has 118 valence electrons. The van der Waals surface area contributed by atoms with Gasteiger partial charge in [-0.25, -0.2) is 0 Å². The molecule has 21 heavy (non-hydrogen) atoms. The van der Waals surface area contributed by atoms with Crippen LogP contribution in [0.25, 0.3) is 0 Å². The number of hydrogen-bond acceptors (Lipinski definition) is 2. The van der Waals surface area contributed by atoms with Crippen molar-refractivity contribution in [3.05, 3.63) is 34.3 Å². The van der Waals surface area contributed by atoms with Gasteiger partial charge in [0.1, 0.15) is 0 Å². The van der Waals surface area contributed by atoms with Gasteiger partial charge in [-0.05, 0) is 56.5 Å². The Balaban J connectivity index is 2.08. The highest BCUT2D eigenvalue weighted by Gasteiger charge is 2.23. The van der Waals surface area contributed by atoms with E-state index < -0.39 is 0 Å². The largest absolute Gasteiger partial charge is 0.313 e. The summed E-state index contributed by atoms with van der Waals surface area (Å²) >= 11 is 3.54. The summed E-state index contributed by atoms with van der Waals surface area (Å²) in [6.07, 6.45) is 6.41. The third-order valence-corrected chi connectivity index (χ3v) is 5.03. The van der Waals surface area contributed by atoms with Gasteiger partial charge >= 0.3 is 0 Å². The molecule has 3 heteroatoms. The van der Waals surface area contributed by atoms with Crippen molar-refractivity contribution in [2.75, 3.05) is 19.6 Å². The normalized spacial score (nSPS) is 20.1. The van der Waals surface area contributed by atoms with E-state index in [1.54, 1.807) is 0 Å². The lowest BCUT2D eigenvalue weighted by Crippen LogP contribution is -2.40. The fourth-order valence-corrected chi connectivity index (χ4v) is 3.59. The van der Waals surface area contributed by atoms with Crippen LogP contribution in [0.2, 0.25) is 0 Å². The van der Waals surface area contributed by atoms with E-state index in [0.29, 0.717) is 12.1 Å². The average molecular weight is 353 g/mol. The van der Waals surface area contributed by atoms with E-state index in [2.05, 4.69) is 64.3 Å².